The van der Waals surface area contributed by atoms with Gasteiger partial charge in [-0.3, -0.25) is 33.6 Å². The number of fused-ring (bicyclic) bond motifs is 4. The van der Waals surface area contributed by atoms with E-state index < -0.39 is 122 Å². The molecule has 3 heterocycles. The zero-order chi connectivity index (χ0) is 48.4. The summed E-state index contributed by atoms with van der Waals surface area (Å²) in [6, 6.07) is 9.00. The molecule has 2 fully saturated rings. The Morgan fingerprint density at radius 3 is 2.01 bits per heavy atom. The number of alkyl carbamates (subject to hydrolysis) is 1. The molecule has 0 unspecified atom stereocenters. The average molecular weight is 934 g/mol. The molecule has 4 aliphatic rings. The largest absolute Gasteiger partial charge is 0.467 e. The molecule has 2 aromatic rings. The minimum atomic E-state index is -1.62. The summed E-state index contributed by atoms with van der Waals surface area (Å²) < 4.78 is 39.0. The Bertz CT molecular complexity index is 2210. The lowest BCUT2D eigenvalue weighted by Crippen LogP contribution is -2.67. The van der Waals surface area contributed by atoms with Crippen LogP contribution in [0.4, 0.5) is 4.79 Å². The van der Waals surface area contributed by atoms with Crippen LogP contribution in [0.2, 0.25) is 0 Å². The number of benzene rings is 2. The summed E-state index contributed by atoms with van der Waals surface area (Å²) in [5.41, 5.74) is 4.07. The van der Waals surface area contributed by atoms with Gasteiger partial charge in [-0.15, -0.1) is 0 Å². The Morgan fingerprint density at radius 2 is 1.39 bits per heavy atom. The van der Waals surface area contributed by atoms with Crippen molar-refractivity contribution in [1.29, 1.82) is 0 Å². The topological polar surface area (TPSA) is 270 Å². The van der Waals surface area contributed by atoms with Crippen molar-refractivity contribution >= 4 is 53.6 Å². The predicted molar refractivity (Wildman–Crippen MR) is 231 cm³/mol. The normalized spacial score (nSPS) is 26.7. The van der Waals surface area contributed by atoms with E-state index in [2.05, 4.69) is 21.3 Å². The van der Waals surface area contributed by atoms with E-state index in [1.54, 1.807) is 6.08 Å². The number of rotatable bonds is 12. The number of ether oxygens (including phenoxy) is 7. The molecule has 4 N–H and O–H groups in total. The molecule has 0 radical (unpaired) electrons. The van der Waals surface area contributed by atoms with Crippen LogP contribution in [-0.4, -0.2) is 147 Å². The molecular formula is C46H55N5O16. The monoisotopic (exact) mass is 933 g/mol. The van der Waals surface area contributed by atoms with E-state index >= 15 is 0 Å². The third kappa shape index (κ3) is 12.3. The molecule has 9 atom stereocenters. The molecule has 2 aromatic carbocycles. The van der Waals surface area contributed by atoms with Gasteiger partial charge in [0.15, 0.2) is 18.5 Å². The van der Waals surface area contributed by atoms with Gasteiger partial charge in [-0.1, -0.05) is 60.7 Å². The fourth-order valence-corrected chi connectivity index (χ4v) is 8.68. The third-order valence-corrected chi connectivity index (χ3v) is 11.6. The number of esters is 4. The number of hydrogen-bond donors (Lipinski definition) is 4. The zero-order valence-electron chi connectivity index (χ0n) is 37.7. The first-order chi connectivity index (χ1) is 32.1. The van der Waals surface area contributed by atoms with Gasteiger partial charge in [0.2, 0.25) is 23.6 Å². The Kier molecular flexibility index (Phi) is 16.7. The Morgan fingerprint density at radius 1 is 0.746 bits per heavy atom. The minimum Gasteiger partial charge on any atom is -0.467 e. The highest BCUT2D eigenvalue weighted by Crippen LogP contribution is 2.44. The van der Waals surface area contributed by atoms with E-state index in [4.69, 9.17) is 33.2 Å². The molecule has 21 nitrogen and oxygen atoms in total. The Hall–Kier alpha value is -6.87. The lowest BCUT2D eigenvalue weighted by molar-refractivity contribution is -0.278. The van der Waals surface area contributed by atoms with Gasteiger partial charge < -0.3 is 59.3 Å². The summed E-state index contributed by atoms with van der Waals surface area (Å²) in [7, 11) is 1.12. The summed E-state index contributed by atoms with van der Waals surface area (Å²) in [6.45, 7) is 3.28. The number of nitrogens with one attached hydrogen (secondary N) is 4. The van der Waals surface area contributed by atoms with Crippen LogP contribution in [0, 0.1) is 0 Å². The maximum atomic E-state index is 14.3. The second-order valence-electron chi connectivity index (χ2n) is 16.4. The lowest BCUT2D eigenvalue weighted by atomic mass is 9.96. The van der Waals surface area contributed by atoms with E-state index in [9.17, 15) is 43.2 Å². The zero-order valence-corrected chi connectivity index (χ0v) is 37.7. The molecule has 21 heteroatoms. The van der Waals surface area contributed by atoms with Crippen LogP contribution in [0.15, 0.2) is 60.7 Å². The van der Waals surface area contributed by atoms with Crippen molar-refractivity contribution in [3.63, 3.8) is 0 Å². The molecule has 3 aliphatic heterocycles. The second kappa shape index (κ2) is 22.6. The van der Waals surface area contributed by atoms with Crippen molar-refractivity contribution in [2.24, 2.45) is 0 Å². The summed E-state index contributed by atoms with van der Waals surface area (Å²) in [5.74, 6) is -6.46. The molecule has 5 amide bonds. The van der Waals surface area contributed by atoms with Crippen molar-refractivity contribution in [3.05, 3.63) is 71.8 Å². The summed E-state index contributed by atoms with van der Waals surface area (Å²) >= 11 is 0. The van der Waals surface area contributed by atoms with E-state index in [1.807, 2.05) is 48.5 Å². The molecule has 1 aliphatic carbocycles. The molecular weight excluding hydrogens is 879 g/mol. The van der Waals surface area contributed by atoms with Crippen LogP contribution in [0.3, 0.4) is 0 Å². The maximum Gasteiger partial charge on any atom is 0.407 e. The summed E-state index contributed by atoms with van der Waals surface area (Å²) in [6.07, 6.45) is -3.28. The predicted octanol–water partition coefficient (Wildman–Crippen LogP) is 1.05. The van der Waals surface area contributed by atoms with Crippen LogP contribution in [0.25, 0.3) is 11.1 Å². The van der Waals surface area contributed by atoms with Gasteiger partial charge in [-0.2, -0.15) is 0 Å². The van der Waals surface area contributed by atoms with Gasteiger partial charge in [0.25, 0.3) is 0 Å². The number of amides is 5. The smallest absolute Gasteiger partial charge is 0.407 e. The van der Waals surface area contributed by atoms with Crippen LogP contribution in [0.1, 0.15) is 70.4 Å². The highest BCUT2D eigenvalue weighted by molar-refractivity contribution is 5.95. The average Bonchev–Trinajstić information content (AvgIpc) is 3.91. The number of hydrogen-bond acceptors (Lipinski definition) is 16. The Labute approximate surface area is 385 Å². The standard InChI is InChI=1S/C46H55N5O16/c1-24(52)47-38-40(66-27(4)55)39(65-26(3)54)37(23-62-25(2)53)67-45(38)63-22-35-41(56)48-34(44(59)61-5)18-11-10-17-33(43(58)51-20-12-19-36(51)42(57)49-35)50-46(60)64-21-32-30-15-8-6-13-28(30)29-14-7-9-16-31(29)32/h6-11,13-16,32-40,45H,12,17-23H2,1-5H3,(H,47,52)(H,48,56)(H,49,57)(H,50,60)/b11-10+/t33-,34-,35-,36-,37-,38-,39-,40-,45-/m0/s1. The molecule has 67 heavy (non-hydrogen) atoms. The number of nitrogens with zero attached hydrogens (tertiary/aromatic N) is 1. The molecule has 6 rings (SSSR count). The van der Waals surface area contributed by atoms with Crippen molar-refractivity contribution in [2.45, 2.75) is 114 Å². The van der Waals surface area contributed by atoms with Gasteiger partial charge >= 0.3 is 30.0 Å². The lowest BCUT2D eigenvalue weighted by Gasteiger charge is -2.45. The number of carbonyl (C=O) groups excluding carboxylic acids is 9. The Balaban J connectivity index is 1.23. The van der Waals surface area contributed by atoms with Gasteiger partial charge in [0.05, 0.1) is 13.7 Å². The van der Waals surface area contributed by atoms with Crippen molar-refractivity contribution in [2.75, 3.05) is 33.5 Å². The molecule has 0 bridgehead atoms. The SMILES string of the molecule is COC(=O)[C@@H]1C/C=C/C[C@H](NC(=O)OCC2c3ccccc3-c3ccccc32)C(=O)N2CCC[C@H]2C(=O)N[C@@H](CO[C@H]2O[C@@H](COC(C)=O)[C@H](OC(C)=O)[C@@H](OC(C)=O)[C@@H]2NC(C)=O)C(=O)N1. The summed E-state index contributed by atoms with van der Waals surface area (Å²) in [4.78, 5) is 119. The van der Waals surface area contributed by atoms with E-state index in [0.717, 1.165) is 57.1 Å². The number of carbonyl (C=O) groups is 9. The first-order valence-corrected chi connectivity index (χ1v) is 21.8. The quantitative estimate of drug-likeness (QED) is 0.132. The third-order valence-electron chi connectivity index (χ3n) is 11.6. The van der Waals surface area contributed by atoms with Crippen LogP contribution >= 0.6 is 0 Å². The summed E-state index contributed by atoms with van der Waals surface area (Å²) in [5, 5.41) is 10.4. The molecule has 2 saturated heterocycles. The van der Waals surface area contributed by atoms with Gasteiger partial charge in [0.1, 0.15) is 49.5 Å². The van der Waals surface area contributed by atoms with E-state index in [1.165, 1.54) is 11.0 Å². The van der Waals surface area contributed by atoms with E-state index in [-0.39, 0.29) is 38.3 Å². The maximum absolute atomic E-state index is 14.3. The molecule has 0 saturated carbocycles. The fourth-order valence-electron chi connectivity index (χ4n) is 8.68. The van der Waals surface area contributed by atoms with Crippen LogP contribution < -0.4 is 21.3 Å². The molecule has 360 valence electrons. The fraction of sp³-hybridized carbons (Fsp3) is 0.500. The number of methoxy groups -OCH3 is 1. The molecule has 0 aromatic heterocycles. The highest BCUT2D eigenvalue weighted by atomic mass is 16.7. The van der Waals surface area contributed by atoms with Gasteiger partial charge in [-0.25, -0.2) is 9.59 Å². The molecule has 0 spiro atoms. The highest BCUT2D eigenvalue weighted by Gasteiger charge is 2.52. The van der Waals surface area contributed by atoms with E-state index in [0.29, 0.717) is 6.42 Å². The minimum absolute atomic E-state index is 0.0171. The van der Waals surface area contributed by atoms with Crippen LogP contribution in [0.5, 0.6) is 0 Å². The van der Waals surface area contributed by atoms with Gasteiger partial charge in [-0.05, 0) is 47.9 Å². The second-order valence-corrected chi connectivity index (χ2v) is 16.4. The van der Waals surface area contributed by atoms with Crippen molar-refractivity contribution in [3.8, 4) is 11.1 Å². The van der Waals surface area contributed by atoms with Crippen molar-refractivity contribution < 1.29 is 76.3 Å². The first kappa shape index (κ1) is 49.6. The van der Waals surface area contributed by atoms with Crippen molar-refractivity contribution in [1.82, 2.24) is 26.2 Å². The van der Waals surface area contributed by atoms with Gasteiger partial charge in [0, 0.05) is 40.2 Å². The first-order valence-electron chi connectivity index (χ1n) is 21.8. The van der Waals surface area contributed by atoms with Crippen LogP contribution in [-0.2, 0) is 71.5 Å².